The molecule has 2 rings (SSSR count). The van der Waals surface area contributed by atoms with Crippen LogP contribution in [0.3, 0.4) is 0 Å². The standard InChI is InChI=1S/C10H8ClF3N2O2/c1-9(4-10(12,13)14)15-7(17)6-3-2-5(11)8(18)16(6)9/h2-3H,4H2,1H3,(H,15,17). The van der Waals surface area contributed by atoms with E-state index in [1.54, 1.807) is 0 Å². The summed E-state index contributed by atoms with van der Waals surface area (Å²) in [5, 5.41) is 1.93. The van der Waals surface area contributed by atoms with E-state index in [9.17, 15) is 22.8 Å². The monoisotopic (exact) mass is 280 g/mol. The number of hydrogen-bond acceptors (Lipinski definition) is 2. The van der Waals surface area contributed by atoms with Crippen LogP contribution in [0.2, 0.25) is 5.02 Å². The van der Waals surface area contributed by atoms with Crippen molar-refractivity contribution in [3.8, 4) is 0 Å². The Labute approximate surface area is 104 Å². The number of carbonyl (C=O) groups excluding carboxylic acids is 1. The Bertz CT molecular complexity index is 581. The summed E-state index contributed by atoms with van der Waals surface area (Å²) in [6.07, 6.45) is -5.87. The van der Waals surface area contributed by atoms with E-state index in [1.165, 1.54) is 12.1 Å². The zero-order chi connectivity index (χ0) is 13.7. The molecule has 1 amide bonds. The fourth-order valence-corrected chi connectivity index (χ4v) is 2.21. The number of aromatic nitrogens is 1. The Morgan fingerprint density at radius 3 is 2.56 bits per heavy atom. The molecule has 2 heterocycles. The molecular weight excluding hydrogens is 273 g/mol. The van der Waals surface area contributed by atoms with Gasteiger partial charge in [0.2, 0.25) is 0 Å². The number of hydrogen-bond donors (Lipinski definition) is 1. The van der Waals surface area contributed by atoms with Gasteiger partial charge in [-0.15, -0.1) is 0 Å². The molecule has 0 aliphatic carbocycles. The molecule has 0 aromatic carbocycles. The van der Waals surface area contributed by atoms with Crippen molar-refractivity contribution in [1.29, 1.82) is 0 Å². The molecule has 0 saturated carbocycles. The lowest BCUT2D eigenvalue weighted by molar-refractivity contribution is -0.155. The van der Waals surface area contributed by atoms with Crippen molar-refractivity contribution in [3.05, 3.63) is 33.2 Å². The predicted octanol–water partition coefficient (Wildman–Crippen LogP) is 1.87. The quantitative estimate of drug-likeness (QED) is 0.854. The average Bonchev–Trinajstić information content (AvgIpc) is 2.41. The van der Waals surface area contributed by atoms with Gasteiger partial charge in [-0.2, -0.15) is 13.2 Å². The number of rotatable bonds is 1. The van der Waals surface area contributed by atoms with E-state index in [0.29, 0.717) is 0 Å². The molecule has 98 valence electrons. The Kier molecular flexibility index (Phi) is 2.69. The summed E-state index contributed by atoms with van der Waals surface area (Å²) in [6.45, 7) is 1.13. The van der Waals surface area contributed by atoms with Crippen LogP contribution in [-0.2, 0) is 5.66 Å². The van der Waals surface area contributed by atoms with Crippen molar-refractivity contribution >= 4 is 17.5 Å². The smallest absolute Gasteiger partial charge is 0.327 e. The van der Waals surface area contributed by atoms with Crippen molar-refractivity contribution in [2.24, 2.45) is 0 Å². The highest BCUT2D eigenvalue weighted by Gasteiger charge is 2.47. The van der Waals surface area contributed by atoms with Crippen LogP contribution < -0.4 is 10.9 Å². The molecular formula is C10H8ClF3N2O2. The molecule has 0 saturated heterocycles. The topological polar surface area (TPSA) is 51.1 Å². The summed E-state index contributed by atoms with van der Waals surface area (Å²) in [5.74, 6) is -0.726. The highest BCUT2D eigenvalue weighted by atomic mass is 35.5. The number of carbonyl (C=O) groups is 1. The Hall–Kier alpha value is -1.50. The van der Waals surface area contributed by atoms with Crippen molar-refractivity contribution in [2.75, 3.05) is 0 Å². The van der Waals surface area contributed by atoms with Crippen molar-refractivity contribution in [3.63, 3.8) is 0 Å². The molecule has 1 unspecified atom stereocenters. The van der Waals surface area contributed by atoms with Crippen molar-refractivity contribution in [1.82, 2.24) is 9.88 Å². The van der Waals surface area contributed by atoms with Crippen LogP contribution in [0.4, 0.5) is 13.2 Å². The van der Waals surface area contributed by atoms with Gasteiger partial charge in [-0.1, -0.05) is 11.6 Å². The second-order valence-corrected chi connectivity index (χ2v) is 4.63. The van der Waals surface area contributed by atoms with Gasteiger partial charge in [-0.3, -0.25) is 14.2 Å². The second kappa shape index (κ2) is 3.74. The van der Waals surface area contributed by atoms with Crippen LogP contribution in [-0.4, -0.2) is 16.7 Å². The largest absolute Gasteiger partial charge is 0.393 e. The average molecular weight is 281 g/mol. The van der Waals surface area contributed by atoms with E-state index < -0.39 is 29.7 Å². The summed E-state index contributed by atoms with van der Waals surface area (Å²) in [5.41, 5.74) is -2.79. The van der Waals surface area contributed by atoms with Gasteiger partial charge in [0.25, 0.3) is 11.5 Å². The number of alkyl halides is 3. The highest BCUT2D eigenvalue weighted by molar-refractivity contribution is 6.30. The third-order valence-corrected chi connectivity index (χ3v) is 2.98. The predicted molar refractivity (Wildman–Crippen MR) is 57.5 cm³/mol. The van der Waals surface area contributed by atoms with E-state index in [2.05, 4.69) is 5.32 Å². The van der Waals surface area contributed by atoms with Crippen LogP contribution in [0.25, 0.3) is 0 Å². The lowest BCUT2D eigenvalue weighted by Gasteiger charge is -2.27. The minimum absolute atomic E-state index is 0.129. The van der Waals surface area contributed by atoms with Gasteiger partial charge in [0, 0.05) is 0 Å². The summed E-state index contributed by atoms with van der Waals surface area (Å²) in [7, 11) is 0. The number of amides is 1. The van der Waals surface area contributed by atoms with Crippen LogP contribution in [0.5, 0.6) is 0 Å². The number of halogens is 4. The van der Waals surface area contributed by atoms with E-state index >= 15 is 0 Å². The van der Waals surface area contributed by atoms with Crippen LogP contribution >= 0.6 is 11.6 Å². The van der Waals surface area contributed by atoms with Crippen LogP contribution in [0, 0.1) is 0 Å². The van der Waals surface area contributed by atoms with Gasteiger partial charge >= 0.3 is 6.18 Å². The molecule has 0 fully saturated rings. The van der Waals surface area contributed by atoms with Crippen LogP contribution in [0.15, 0.2) is 16.9 Å². The lowest BCUT2D eigenvalue weighted by Crippen LogP contribution is -2.47. The maximum absolute atomic E-state index is 12.5. The third kappa shape index (κ3) is 1.98. The molecule has 0 radical (unpaired) electrons. The third-order valence-electron chi connectivity index (χ3n) is 2.69. The molecule has 1 aromatic heterocycles. The molecule has 8 heteroatoms. The first-order chi connectivity index (χ1) is 8.14. The van der Waals surface area contributed by atoms with Crippen LogP contribution in [0.1, 0.15) is 23.8 Å². The van der Waals surface area contributed by atoms with E-state index in [-0.39, 0.29) is 10.7 Å². The highest BCUT2D eigenvalue weighted by Crippen LogP contribution is 2.33. The Morgan fingerprint density at radius 1 is 1.39 bits per heavy atom. The number of fused-ring (bicyclic) bond motifs is 1. The first-order valence-electron chi connectivity index (χ1n) is 4.95. The molecule has 1 aliphatic heterocycles. The minimum atomic E-state index is -4.52. The van der Waals surface area contributed by atoms with Gasteiger partial charge in [-0.05, 0) is 19.1 Å². The molecule has 18 heavy (non-hydrogen) atoms. The molecule has 4 nitrogen and oxygen atoms in total. The van der Waals surface area contributed by atoms with E-state index in [0.717, 1.165) is 11.5 Å². The van der Waals surface area contributed by atoms with Crippen molar-refractivity contribution in [2.45, 2.75) is 25.2 Å². The first kappa shape index (κ1) is 12.9. The molecule has 0 spiro atoms. The lowest BCUT2D eigenvalue weighted by atomic mass is 10.1. The summed E-state index contributed by atoms with van der Waals surface area (Å²) < 4.78 is 38.3. The Morgan fingerprint density at radius 2 is 2.00 bits per heavy atom. The molecule has 1 atom stereocenters. The maximum atomic E-state index is 12.5. The first-order valence-corrected chi connectivity index (χ1v) is 5.33. The summed E-state index contributed by atoms with van der Waals surface area (Å²) in [4.78, 5) is 23.3. The maximum Gasteiger partial charge on any atom is 0.393 e. The second-order valence-electron chi connectivity index (χ2n) is 4.23. The molecule has 1 aromatic rings. The fourth-order valence-electron chi connectivity index (χ4n) is 2.06. The van der Waals surface area contributed by atoms with Gasteiger partial charge in [0.05, 0.1) is 6.42 Å². The van der Waals surface area contributed by atoms with Gasteiger partial charge in [-0.25, -0.2) is 0 Å². The zero-order valence-electron chi connectivity index (χ0n) is 9.14. The number of nitrogens with one attached hydrogen (secondary N) is 1. The number of nitrogens with zero attached hydrogens (tertiary/aromatic N) is 1. The van der Waals surface area contributed by atoms with E-state index in [4.69, 9.17) is 11.6 Å². The molecule has 1 N–H and O–H groups in total. The summed E-state index contributed by atoms with van der Waals surface area (Å²) >= 11 is 5.58. The SMILES string of the molecule is CC1(CC(F)(F)F)NC(=O)c2ccc(Cl)c(=O)n21. The molecule has 1 aliphatic rings. The van der Waals surface area contributed by atoms with E-state index in [1.807, 2.05) is 0 Å². The van der Waals surface area contributed by atoms with Gasteiger partial charge < -0.3 is 5.32 Å². The normalized spacial score (nSPS) is 22.8. The van der Waals surface area contributed by atoms with Gasteiger partial charge in [0.15, 0.2) is 0 Å². The fraction of sp³-hybridized carbons (Fsp3) is 0.400. The molecule has 0 bridgehead atoms. The number of pyridine rings is 1. The minimum Gasteiger partial charge on any atom is -0.327 e. The zero-order valence-corrected chi connectivity index (χ0v) is 9.89. The summed E-state index contributed by atoms with van der Waals surface area (Å²) in [6, 6.07) is 2.41. The van der Waals surface area contributed by atoms with Gasteiger partial charge in [0.1, 0.15) is 16.4 Å². The van der Waals surface area contributed by atoms with Crippen molar-refractivity contribution < 1.29 is 18.0 Å². The Balaban J connectivity index is 2.62.